The Bertz CT molecular complexity index is 491. The van der Waals surface area contributed by atoms with Crippen molar-refractivity contribution in [3.8, 4) is 0 Å². The van der Waals surface area contributed by atoms with Crippen LogP contribution in [0.25, 0.3) is 0 Å². The molecule has 108 valence electrons. The van der Waals surface area contributed by atoms with Gasteiger partial charge in [0.15, 0.2) is 9.84 Å². The molecule has 0 heterocycles. The van der Waals surface area contributed by atoms with Crippen LogP contribution >= 0.6 is 0 Å². The van der Waals surface area contributed by atoms with Gasteiger partial charge in [-0.2, -0.15) is 0 Å². The minimum Gasteiger partial charge on any atom is -0.309 e. The second kappa shape index (κ2) is 6.53. The quantitative estimate of drug-likeness (QED) is 0.873. The lowest BCUT2D eigenvalue weighted by Gasteiger charge is -2.24. The molecule has 0 saturated carbocycles. The van der Waals surface area contributed by atoms with Crippen LogP contribution in [0.3, 0.4) is 0 Å². The average Bonchev–Trinajstić information content (AvgIpc) is 2.34. The van der Waals surface area contributed by atoms with Crippen molar-refractivity contribution in [2.24, 2.45) is 0 Å². The molecule has 1 aromatic carbocycles. The summed E-state index contributed by atoms with van der Waals surface area (Å²) in [5.41, 5.74) is 2.30. The summed E-state index contributed by atoms with van der Waals surface area (Å²) in [5, 5.41) is 2.84. The zero-order valence-electron chi connectivity index (χ0n) is 12.5. The summed E-state index contributed by atoms with van der Waals surface area (Å²) in [6.07, 6.45) is 1.30. The number of hydrogen-bond acceptors (Lipinski definition) is 3. The van der Waals surface area contributed by atoms with Crippen LogP contribution in [0, 0.1) is 0 Å². The minimum absolute atomic E-state index is 0.152. The fraction of sp³-hybridized carbons (Fsp3) is 0.600. The second-order valence-electron chi connectivity index (χ2n) is 5.39. The highest BCUT2D eigenvalue weighted by Crippen LogP contribution is 2.24. The molecule has 1 rings (SSSR count). The van der Waals surface area contributed by atoms with Gasteiger partial charge in [0, 0.05) is 12.3 Å². The third-order valence-electron chi connectivity index (χ3n) is 3.53. The van der Waals surface area contributed by atoms with Gasteiger partial charge in [-0.05, 0) is 30.5 Å². The van der Waals surface area contributed by atoms with E-state index < -0.39 is 15.1 Å². The van der Waals surface area contributed by atoms with E-state index in [1.54, 1.807) is 6.92 Å². The zero-order valence-corrected chi connectivity index (χ0v) is 13.3. The fourth-order valence-corrected chi connectivity index (χ4v) is 2.86. The van der Waals surface area contributed by atoms with Crippen LogP contribution < -0.4 is 5.32 Å². The molecule has 0 saturated heterocycles. The van der Waals surface area contributed by atoms with Gasteiger partial charge < -0.3 is 5.32 Å². The highest BCUT2D eigenvalue weighted by Gasteiger charge is 2.26. The largest absolute Gasteiger partial charge is 0.309 e. The van der Waals surface area contributed by atoms with Crippen molar-refractivity contribution >= 4 is 9.84 Å². The van der Waals surface area contributed by atoms with Gasteiger partial charge >= 0.3 is 0 Å². The van der Waals surface area contributed by atoms with E-state index in [0.29, 0.717) is 5.92 Å². The highest BCUT2D eigenvalue weighted by molar-refractivity contribution is 7.91. The first-order valence-corrected chi connectivity index (χ1v) is 8.75. The van der Waals surface area contributed by atoms with Crippen molar-refractivity contribution in [1.82, 2.24) is 5.32 Å². The van der Waals surface area contributed by atoms with E-state index in [2.05, 4.69) is 31.3 Å². The molecule has 0 fully saturated rings. The fourth-order valence-electron chi connectivity index (χ4n) is 2.11. The Hall–Kier alpha value is -0.870. The van der Waals surface area contributed by atoms with Crippen molar-refractivity contribution in [2.45, 2.75) is 44.9 Å². The van der Waals surface area contributed by atoms with E-state index in [1.807, 2.05) is 19.1 Å². The second-order valence-corrected chi connectivity index (χ2v) is 7.79. The molecule has 1 N–H and O–H groups in total. The standard InChI is InChI=1S/C15H25NO2S/c1-6-16-15(12(4)19(5,17)18)14-9-7-13(8-10-14)11(2)3/h7-12,15-16H,6H2,1-5H3. The third kappa shape index (κ3) is 4.32. The molecule has 4 heteroatoms. The molecule has 0 bridgehead atoms. The Morgan fingerprint density at radius 1 is 1.05 bits per heavy atom. The van der Waals surface area contributed by atoms with Gasteiger partial charge in [-0.1, -0.05) is 45.0 Å². The maximum Gasteiger partial charge on any atom is 0.151 e. The maximum absolute atomic E-state index is 11.8. The summed E-state index contributed by atoms with van der Waals surface area (Å²) in [6, 6.07) is 8.08. The minimum atomic E-state index is -3.06. The summed E-state index contributed by atoms with van der Waals surface area (Å²) in [6.45, 7) is 8.80. The summed E-state index contributed by atoms with van der Waals surface area (Å²) in [7, 11) is -3.06. The van der Waals surface area contributed by atoms with Crippen LogP contribution in [0.1, 0.15) is 50.8 Å². The first-order valence-electron chi connectivity index (χ1n) is 6.79. The summed E-state index contributed by atoms with van der Waals surface area (Å²) < 4.78 is 23.5. The van der Waals surface area contributed by atoms with Crippen LogP contribution in [0.5, 0.6) is 0 Å². The van der Waals surface area contributed by atoms with Crippen molar-refractivity contribution in [2.75, 3.05) is 12.8 Å². The lowest BCUT2D eigenvalue weighted by Crippen LogP contribution is -2.34. The third-order valence-corrected chi connectivity index (χ3v) is 5.15. The highest BCUT2D eigenvalue weighted by atomic mass is 32.2. The van der Waals surface area contributed by atoms with Crippen molar-refractivity contribution in [3.63, 3.8) is 0 Å². The Morgan fingerprint density at radius 3 is 1.89 bits per heavy atom. The molecule has 3 nitrogen and oxygen atoms in total. The average molecular weight is 283 g/mol. The molecule has 1 aromatic rings. The van der Waals surface area contributed by atoms with Gasteiger partial charge in [0.2, 0.25) is 0 Å². The van der Waals surface area contributed by atoms with Gasteiger partial charge in [0.25, 0.3) is 0 Å². The first-order chi connectivity index (χ1) is 8.77. The van der Waals surface area contributed by atoms with Gasteiger partial charge in [-0.25, -0.2) is 8.42 Å². The van der Waals surface area contributed by atoms with Crippen molar-refractivity contribution in [3.05, 3.63) is 35.4 Å². The van der Waals surface area contributed by atoms with E-state index in [1.165, 1.54) is 11.8 Å². The van der Waals surface area contributed by atoms with E-state index in [9.17, 15) is 8.42 Å². The molecule has 0 aliphatic heterocycles. The molecule has 0 radical (unpaired) electrons. The summed E-state index contributed by atoms with van der Waals surface area (Å²) in [5.74, 6) is 0.485. The molecule has 0 aromatic heterocycles. The normalized spacial score (nSPS) is 15.5. The smallest absolute Gasteiger partial charge is 0.151 e. The Labute approximate surface area is 117 Å². The van der Waals surface area contributed by atoms with Gasteiger partial charge in [-0.3, -0.25) is 0 Å². The Balaban J connectivity index is 3.06. The number of sulfone groups is 1. The zero-order chi connectivity index (χ0) is 14.6. The summed E-state index contributed by atoms with van der Waals surface area (Å²) >= 11 is 0. The SMILES string of the molecule is CCNC(c1ccc(C(C)C)cc1)C(C)S(C)(=O)=O. The molecule has 19 heavy (non-hydrogen) atoms. The van der Waals surface area contributed by atoms with E-state index in [0.717, 1.165) is 12.1 Å². The van der Waals surface area contributed by atoms with E-state index >= 15 is 0 Å². The van der Waals surface area contributed by atoms with Gasteiger partial charge in [0.05, 0.1) is 5.25 Å². The first kappa shape index (κ1) is 16.2. The van der Waals surface area contributed by atoms with Crippen LogP contribution in [0.15, 0.2) is 24.3 Å². The Morgan fingerprint density at radius 2 is 1.53 bits per heavy atom. The van der Waals surface area contributed by atoms with Crippen LogP contribution in [-0.4, -0.2) is 26.5 Å². The molecular formula is C15H25NO2S. The van der Waals surface area contributed by atoms with Crippen LogP contribution in [0.2, 0.25) is 0 Å². The monoisotopic (exact) mass is 283 g/mol. The predicted molar refractivity (Wildman–Crippen MR) is 81.3 cm³/mol. The Kier molecular flexibility index (Phi) is 5.56. The van der Waals surface area contributed by atoms with Gasteiger partial charge in [0.1, 0.15) is 0 Å². The molecule has 0 aliphatic rings. The predicted octanol–water partition coefficient (Wildman–Crippen LogP) is 2.89. The molecule has 2 unspecified atom stereocenters. The van der Waals surface area contributed by atoms with Gasteiger partial charge in [-0.15, -0.1) is 0 Å². The topological polar surface area (TPSA) is 46.2 Å². The number of nitrogens with one attached hydrogen (secondary N) is 1. The number of rotatable bonds is 6. The summed E-state index contributed by atoms with van der Waals surface area (Å²) in [4.78, 5) is 0. The van der Waals surface area contributed by atoms with Crippen molar-refractivity contribution in [1.29, 1.82) is 0 Å². The molecule has 0 aliphatic carbocycles. The van der Waals surface area contributed by atoms with Crippen LogP contribution in [-0.2, 0) is 9.84 Å². The number of hydrogen-bond donors (Lipinski definition) is 1. The molecule has 0 amide bonds. The lowest BCUT2D eigenvalue weighted by molar-refractivity contribution is 0.513. The molecule has 0 spiro atoms. The van der Waals surface area contributed by atoms with Crippen molar-refractivity contribution < 1.29 is 8.42 Å². The number of benzene rings is 1. The molecule has 2 atom stereocenters. The van der Waals surface area contributed by atoms with E-state index in [4.69, 9.17) is 0 Å². The van der Waals surface area contributed by atoms with E-state index in [-0.39, 0.29) is 6.04 Å². The lowest BCUT2D eigenvalue weighted by atomic mass is 9.98. The molecular weight excluding hydrogens is 258 g/mol. The maximum atomic E-state index is 11.8. The van der Waals surface area contributed by atoms with Crippen LogP contribution in [0.4, 0.5) is 0 Å².